The van der Waals surface area contributed by atoms with Crippen LogP contribution >= 0.6 is 0 Å². The van der Waals surface area contributed by atoms with Gasteiger partial charge < -0.3 is 5.11 Å². The lowest BCUT2D eigenvalue weighted by atomic mass is 10.0. The summed E-state index contributed by atoms with van der Waals surface area (Å²) in [6.45, 7) is 5.24. The number of aryl methyl sites for hydroxylation is 1. The van der Waals surface area contributed by atoms with Crippen LogP contribution in [0.5, 0.6) is 0 Å². The summed E-state index contributed by atoms with van der Waals surface area (Å²) < 4.78 is 1.97. The van der Waals surface area contributed by atoms with Gasteiger partial charge in [-0.05, 0) is 24.3 Å². The summed E-state index contributed by atoms with van der Waals surface area (Å²) in [6.07, 6.45) is 3.74. The largest absolute Gasteiger partial charge is 0.388 e. The Morgan fingerprint density at radius 3 is 2.65 bits per heavy atom. The normalized spacial score (nSPS) is 12.8. The van der Waals surface area contributed by atoms with E-state index in [2.05, 4.69) is 23.9 Å². The Hall–Kier alpha value is -1.68. The van der Waals surface area contributed by atoms with Gasteiger partial charge in [-0.1, -0.05) is 44.2 Å². The molecule has 0 aliphatic heterocycles. The summed E-state index contributed by atoms with van der Waals surface area (Å²) in [5.41, 5.74) is 0.983. The van der Waals surface area contributed by atoms with Crippen molar-refractivity contribution in [2.45, 2.75) is 45.8 Å². The average molecular weight is 273 g/mol. The van der Waals surface area contributed by atoms with Gasteiger partial charge in [0.1, 0.15) is 12.2 Å². The van der Waals surface area contributed by atoms with Crippen LogP contribution in [0.25, 0.3) is 0 Å². The maximum absolute atomic E-state index is 10.1. The van der Waals surface area contributed by atoms with Crippen molar-refractivity contribution in [1.82, 2.24) is 14.8 Å². The third-order valence-electron chi connectivity index (χ3n) is 3.30. The Labute approximate surface area is 120 Å². The van der Waals surface area contributed by atoms with Gasteiger partial charge >= 0.3 is 0 Å². The van der Waals surface area contributed by atoms with Crippen LogP contribution in [0.2, 0.25) is 0 Å². The highest BCUT2D eigenvalue weighted by Gasteiger charge is 2.09. The third-order valence-corrected chi connectivity index (χ3v) is 3.30. The first-order chi connectivity index (χ1) is 9.66. The monoisotopic (exact) mass is 273 g/mol. The molecule has 0 spiro atoms. The number of hydrogen-bond donors (Lipinski definition) is 1. The fraction of sp³-hybridized carbons (Fsp3) is 0.500. The number of aromatic nitrogens is 3. The number of nitrogens with zero attached hydrogens (tertiary/aromatic N) is 3. The van der Waals surface area contributed by atoms with Gasteiger partial charge in [0, 0.05) is 13.0 Å². The molecule has 1 aromatic carbocycles. The molecule has 2 rings (SSSR count). The van der Waals surface area contributed by atoms with E-state index >= 15 is 0 Å². The van der Waals surface area contributed by atoms with Gasteiger partial charge in [-0.2, -0.15) is 5.10 Å². The first kappa shape index (κ1) is 14.7. The standard InChI is InChI=1S/C16H23N3O/c1-13(2)11-19-16(17-12-18-19)10-6-9-15(20)14-7-4-3-5-8-14/h3-5,7-8,12-13,15,20H,6,9-11H2,1-2H3. The van der Waals surface area contributed by atoms with E-state index in [1.54, 1.807) is 6.33 Å². The van der Waals surface area contributed by atoms with Gasteiger partial charge in [-0.15, -0.1) is 0 Å². The summed E-state index contributed by atoms with van der Waals surface area (Å²) >= 11 is 0. The van der Waals surface area contributed by atoms with Crippen molar-refractivity contribution in [1.29, 1.82) is 0 Å². The highest BCUT2D eigenvalue weighted by Crippen LogP contribution is 2.18. The molecule has 0 bridgehead atoms. The molecule has 0 aliphatic rings. The van der Waals surface area contributed by atoms with E-state index in [9.17, 15) is 5.11 Å². The minimum atomic E-state index is -0.391. The van der Waals surface area contributed by atoms with Crippen molar-refractivity contribution in [3.8, 4) is 0 Å². The molecule has 0 amide bonds. The summed E-state index contributed by atoms with van der Waals surface area (Å²) in [6, 6.07) is 9.80. The molecule has 1 heterocycles. The van der Waals surface area contributed by atoms with Gasteiger partial charge in [-0.25, -0.2) is 9.67 Å². The van der Waals surface area contributed by atoms with Crippen LogP contribution in [0, 0.1) is 5.92 Å². The minimum absolute atomic E-state index is 0.391. The fourth-order valence-corrected chi connectivity index (χ4v) is 2.28. The van der Waals surface area contributed by atoms with Gasteiger partial charge in [0.25, 0.3) is 0 Å². The number of benzene rings is 1. The topological polar surface area (TPSA) is 50.9 Å². The molecule has 4 heteroatoms. The quantitative estimate of drug-likeness (QED) is 0.843. The SMILES string of the molecule is CC(C)Cn1ncnc1CCCC(O)c1ccccc1. The second-order valence-corrected chi connectivity index (χ2v) is 5.57. The Balaban J connectivity index is 1.83. The molecule has 1 unspecified atom stereocenters. The van der Waals surface area contributed by atoms with Crippen LogP contribution in [-0.4, -0.2) is 19.9 Å². The van der Waals surface area contributed by atoms with Gasteiger partial charge in [0.15, 0.2) is 0 Å². The summed E-state index contributed by atoms with van der Waals surface area (Å²) in [4.78, 5) is 4.31. The average Bonchev–Trinajstić information content (AvgIpc) is 2.86. The van der Waals surface area contributed by atoms with Crippen LogP contribution < -0.4 is 0 Å². The van der Waals surface area contributed by atoms with Crippen molar-refractivity contribution >= 4 is 0 Å². The lowest BCUT2D eigenvalue weighted by molar-refractivity contribution is 0.164. The maximum Gasteiger partial charge on any atom is 0.138 e. The lowest BCUT2D eigenvalue weighted by Crippen LogP contribution is -2.10. The predicted octanol–water partition coefficient (Wildman–Crippen LogP) is 2.99. The highest BCUT2D eigenvalue weighted by atomic mass is 16.3. The van der Waals surface area contributed by atoms with E-state index in [4.69, 9.17) is 0 Å². The number of aliphatic hydroxyl groups is 1. The number of hydrogen-bond acceptors (Lipinski definition) is 3. The zero-order valence-corrected chi connectivity index (χ0v) is 12.2. The molecule has 0 fully saturated rings. The Kier molecular flexibility index (Phi) is 5.30. The smallest absolute Gasteiger partial charge is 0.138 e. The van der Waals surface area contributed by atoms with E-state index in [1.165, 1.54) is 0 Å². The van der Waals surface area contributed by atoms with Crippen LogP contribution in [0.1, 0.15) is 44.2 Å². The Morgan fingerprint density at radius 1 is 1.20 bits per heavy atom. The molecule has 4 nitrogen and oxygen atoms in total. The molecule has 1 N–H and O–H groups in total. The molecule has 20 heavy (non-hydrogen) atoms. The minimum Gasteiger partial charge on any atom is -0.388 e. The van der Waals surface area contributed by atoms with E-state index < -0.39 is 6.10 Å². The van der Waals surface area contributed by atoms with Crippen molar-refractivity contribution in [2.75, 3.05) is 0 Å². The van der Waals surface area contributed by atoms with Crippen LogP contribution in [0.3, 0.4) is 0 Å². The molecule has 0 saturated heterocycles. The van der Waals surface area contributed by atoms with E-state index in [1.807, 2.05) is 35.0 Å². The van der Waals surface area contributed by atoms with Crippen molar-refractivity contribution < 1.29 is 5.11 Å². The third kappa shape index (κ3) is 4.17. The van der Waals surface area contributed by atoms with E-state index in [0.717, 1.165) is 37.2 Å². The van der Waals surface area contributed by atoms with Crippen LogP contribution in [0.4, 0.5) is 0 Å². The van der Waals surface area contributed by atoms with Crippen molar-refractivity contribution in [2.24, 2.45) is 5.92 Å². The molecule has 1 aromatic heterocycles. The Morgan fingerprint density at radius 2 is 1.95 bits per heavy atom. The molecule has 108 valence electrons. The van der Waals surface area contributed by atoms with E-state index in [-0.39, 0.29) is 0 Å². The van der Waals surface area contributed by atoms with Gasteiger partial charge in [0.05, 0.1) is 6.10 Å². The maximum atomic E-state index is 10.1. The van der Waals surface area contributed by atoms with Crippen LogP contribution in [0.15, 0.2) is 36.7 Å². The van der Waals surface area contributed by atoms with Crippen molar-refractivity contribution in [3.05, 3.63) is 48.0 Å². The summed E-state index contributed by atoms with van der Waals surface area (Å²) in [7, 11) is 0. The summed E-state index contributed by atoms with van der Waals surface area (Å²) in [5, 5.41) is 14.4. The fourth-order valence-electron chi connectivity index (χ4n) is 2.28. The molecule has 0 saturated carbocycles. The second kappa shape index (κ2) is 7.20. The zero-order valence-electron chi connectivity index (χ0n) is 12.2. The molecule has 2 aromatic rings. The first-order valence-electron chi connectivity index (χ1n) is 7.26. The number of aliphatic hydroxyl groups excluding tert-OH is 1. The number of rotatable bonds is 7. The van der Waals surface area contributed by atoms with E-state index in [0.29, 0.717) is 5.92 Å². The first-order valence-corrected chi connectivity index (χ1v) is 7.26. The van der Waals surface area contributed by atoms with Gasteiger partial charge in [0.2, 0.25) is 0 Å². The van der Waals surface area contributed by atoms with Crippen molar-refractivity contribution in [3.63, 3.8) is 0 Å². The van der Waals surface area contributed by atoms with Crippen LogP contribution in [-0.2, 0) is 13.0 Å². The zero-order chi connectivity index (χ0) is 14.4. The highest BCUT2D eigenvalue weighted by molar-refractivity contribution is 5.17. The summed E-state index contributed by atoms with van der Waals surface area (Å²) in [5.74, 6) is 1.57. The molecular formula is C16H23N3O. The molecule has 0 aliphatic carbocycles. The Bertz CT molecular complexity index is 507. The second-order valence-electron chi connectivity index (χ2n) is 5.57. The molecular weight excluding hydrogens is 250 g/mol. The van der Waals surface area contributed by atoms with Gasteiger partial charge in [-0.3, -0.25) is 0 Å². The molecule has 0 radical (unpaired) electrons. The lowest BCUT2D eigenvalue weighted by Gasteiger charge is -2.11. The predicted molar refractivity (Wildman–Crippen MR) is 79.2 cm³/mol. The molecule has 1 atom stereocenters.